The molecule has 3 fully saturated rings. The first-order chi connectivity index (χ1) is 11.7. The van der Waals surface area contributed by atoms with Gasteiger partial charge in [0.1, 0.15) is 18.2 Å². The van der Waals surface area contributed by atoms with Gasteiger partial charge < -0.3 is 15.3 Å². The highest BCUT2D eigenvalue weighted by molar-refractivity contribution is 7.80. The van der Waals surface area contributed by atoms with Crippen LogP contribution in [0.5, 0.6) is 0 Å². The van der Waals surface area contributed by atoms with Crippen LogP contribution >= 0.6 is 0 Å². The molecule has 3 rings (SSSR count). The first-order valence-electron chi connectivity index (χ1n) is 7.80. The number of carbonyl (C=O) groups excluding carboxylic acids is 2. The summed E-state index contributed by atoms with van der Waals surface area (Å²) >= 11 is 0. The number of piperidine rings is 1. The molecule has 3 aliphatic rings. The monoisotopic (exact) mass is 380 g/mol. The van der Waals surface area contributed by atoms with E-state index in [4.69, 9.17) is 9.39 Å². The zero-order valence-electron chi connectivity index (χ0n) is 13.3. The van der Waals surface area contributed by atoms with Crippen molar-refractivity contribution in [1.82, 2.24) is 20.8 Å². The molecule has 3 amide bonds. The first kappa shape index (κ1) is 18.3. The van der Waals surface area contributed by atoms with Crippen LogP contribution in [0.3, 0.4) is 0 Å². The summed E-state index contributed by atoms with van der Waals surface area (Å²) < 4.78 is 34.7. The SMILES string of the molecule is O=C(NOCC1(O)CCNC1)[C@@H]1CC[C@@H]2CN1C(=O)N2OS(=O)(=O)O. The van der Waals surface area contributed by atoms with Crippen LogP contribution in [0.15, 0.2) is 0 Å². The second-order valence-corrected chi connectivity index (χ2v) is 7.42. The summed E-state index contributed by atoms with van der Waals surface area (Å²) in [4.78, 5) is 30.7. The number of nitrogens with zero attached hydrogens (tertiary/aromatic N) is 2. The van der Waals surface area contributed by atoms with Gasteiger partial charge in [0.2, 0.25) is 0 Å². The average molecular weight is 380 g/mol. The van der Waals surface area contributed by atoms with Crippen molar-refractivity contribution in [1.29, 1.82) is 0 Å². The summed E-state index contributed by atoms with van der Waals surface area (Å²) in [6.45, 7) is 1.03. The summed E-state index contributed by atoms with van der Waals surface area (Å²) in [6.07, 6.45) is 1.10. The van der Waals surface area contributed by atoms with Crippen molar-refractivity contribution in [2.75, 3.05) is 26.2 Å². The van der Waals surface area contributed by atoms with Crippen LogP contribution in [-0.4, -0.2) is 83.9 Å². The lowest BCUT2D eigenvalue weighted by molar-refractivity contribution is -0.144. The van der Waals surface area contributed by atoms with Crippen LogP contribution in [0.1, 0.15) is 19.3 Å². The number of urea groups is 1. The highest BCUT2D eigenvalue weighted by Crippen LogP contribution is 2.30. The van der Waals surface area contributed by atoms with E-state index >= 15 is 0 Å². The molecule has 3 saturated heterocycles. The minimum absolute atomic E-state index is 0.0903. The van der Waals surface area contributed by atoms with Gasteiger partial charge in [-0.3, -0.25) is 14.2 Å². The van der Waals surface area contributed by atoms with E-state index in [9.17, 15) is 23.1 Å². The molecule has 1 unspecified atom stereocenters. The Morgan fingerprint density at radius 2 is 2.20 bits per heavy atom. The minimum atomic E-state index is -4.83. The molecule has 3 aliphatic heterocycles. The van der Waals surface area contributed by atoms with E-state index < -0.39 is 40.0 Å². The van der Waals surface area contributed by atoms with Gasteiger partial charge in [-0.1, -0.05) is 0 Å². The normalized spacial score (nSPS) is 32.3. The molecule has 0 aromatic rings. The lowest BCUT2D eigenvalue weighted by Crippen LogP contribution is -2.50. The second-order valence-electron chi connectivity index (χ2n) is 6.42. The van der Waals surface area contributed by atoms with Gasteiger partial charge in [0.05, 0.1) is 6.04 Å². The molecule has 3 atom stereocenters. The summed E-state index contributed by atoms with van der Waals surface area (Å²) in [7, 11) is -4.83. The Balaban J connectivity index is 1.55. The zero-order chi connectivity index (χ0) is 18.2. The molecular formula is C12H20N4O8S. The molecule has 0 aromatic heterocycles. The maximum Gasteiger partial charge on any atom is 0.418 e. The van der Waals surface area contributed by atoms with Gasteiger partial charge in [-0.25, -0.2) is 10.3 Å². The van der Waals surface area contributed by atoms with Crippen molar-refractivity contribution in [3.63, 3.8) is 0 Å². The highest BCUT2D eigenvalue weighted by atomic mass is 32.3. The third-order valence-electron chi connectivity index (χ3n) is 4.53. The van der Waals surface area contributed by atoms with Crippen molar-refractivity contribution in [3.05, 3.63) is 0 Å². The van der Waals surface area contributed by atoms with Crippen LogP contribution in [-0.2, 0) is 24.3 Å². The van der Waals surface area contributed by atoms with Gasteiger partial charge >= 0.3 is 16.4 Å². The predicted octanol–water partition coefficient (Wildman–Crippen LogP) is -2.24. The fourth-order valence-corrected chi connectivity index (χ4v) is 3.66. The fourth-order valence-electron chi connectivity index (χ4n) is 3.27. The highest BCUT2D eigenvalue weighted by Gasteiger charge is 2.49. The van der Waals surface area contributed by atoms with Crippen molar-refractivity contribution < 1.29 is 36.8 Å². The van der Waals surface area contributed by atoms with E-state index in [0.29, 0.717) is 31.0 Å². The van der Waals surface area contributed by atoms with Crippen LogP contribution in [0.4, 0.5) is 4.79 Å². The molecule has 0 saturated carbocycles. The standard InChI is InChI=1S/C12H20N4O8S/c17-10(14-23-7-12(19)3-4-13-6-12)9-2-1-8-5-15(9)11(18)16(8)24-25(20,21)22/h8-9,13,19H,1-7H2,(H,14,17)(H,20,21,22)/t8-,9+,12?/m1/s1. The van der Waals surface area contributed by atoms with Crippen LogP contribution in [0, 0.1) is 0 Å². The number of rotatable bonds is 6. The Kier molecular flexibility index (Phi) is 4.87. The Bertz CT molecular complexity index is 650. The quantitative estimate of drug-likeness (QED) is 0.295. The largest absolute Gasteiger partial charge is 0.418 e. The van der Waals surface area contributed by atoms with Crippen LogP contribution in [0.2, 0.25) is 0 Å². The van der Waals surface area contributed by atoms with Gasteiger partial charge in [0.25, 0.3) is 5.91 Å². The van der Waals surface area contributed by atoms with Crippen LogP contribution in [0.25, 0.3) is 0 Å². The Morgan fingerprint density at radius 1 is 1.44 bits per heavy atom. The molecule has 0 aliphatic carbocycles. The molecule has 2 bridgehead atoms. The summed E-state index contributed by atoms with van der Waals surface area (Å²) in [5, 5.41) is 13.6. The Hall–Kier alpha value is -1.51. The van der Waals surface area contributed by atoms with E-state index in [-0.39, 0.29) is 19.6 Å². The molecule has 142 valence electrons. The van der Waals surface area contributed by atoms with Crippen molar-refractivity contribution in [2.24, 2.45) is 0 Å². The third-order valence-corrected chi connectivity index (χ3v) is 4.88. The lowest BCUT2D eigenvalue weighted by Gasteiger charge is -2.29. The van der Waals surface area contributed by atoms with E-state index in [1.807, 2.05) is 0 Å². The number of hydrogen-bond donors (Lipinski definition) is 4. The average Bonchev–Trinajstić information content (AvgIpc) is 3.05. The molecular weight excluding hydrogens is 360 g/mol. The number of nitrogens with one attached hydrogen (secondary N) is 2. The molecule has 3 heterocycles. The van der Waals surface area contributed by atoms with Crippen molar-refractivity contribution in [2.45, 2.75) is 36.9 Å². The number of aliphatic hydroxyl groups is 1. The molecule has 25 heavy (non-hydrogen) atoms. The molecule has 0 radical (unpaired) electrons. The molecule has 4 N–H and O–H groups in total. The number of β-amino-alcohol motifs (C(OH)–C–C–N with tert-alkyl or cyclic N) is 1. The molecule has 12 nitrogen and oxygen atoms in total. The number of hydroxylamine groups is 3. The maximum atomic E-state index is 12.2. The van der Waals surface area contributed by atoms with E-state index in [2.05, 4.69) is 15.1 Å². The van der Waals surface area contributed by atoms with Gasteiger partial charge in [0.15, 0.2) is 0 Å². The number of fused-ring (bicyclic) bond motifs is 2. The zero-order valence-corrected chi connectivity index (χ0v) is 14.1. The summed E-state index contributed by atoms with van der Waals surface area (Å²) in [5.74, 6) is -0.574. The van der Waals surface area contributed by atoms with Gasteiger partial charge in [-0.15, -0.1) is 4.28 Å². The van der Waals surface area contributed by atoms with Gasteiger partial charge in [-0.05, 0) is 25.8 Å². The van der Waals surface area contributed by atoms with E-state index in [0.717, 1.165) is 4.90 Å². The number of amides is 3. The molecule has 0 spiro atoms. The molecule has 13 heteroatoms. The second kappa shape index (κ2) is 6.66. The van der Waals surface area contributed by atoms with E-state index in [1.54, 1.807) is 0 Å². The maximum absolute atomic E-state index is 12.2. The first-order valence-corrected chi connectivity index (χ1v) is 9.17. The predicted molar refractivity (Wildman–Crippen MR) is 79.9 cm³/mol. The number of carbonyl (C=O) groups is 2. The van der Waals surface area contributed by atoms with Crippen molar-refractivity contribution in [3.8, 4) is 0 Å². The minimum Gasteiger partial charge on any atom is -0.386 e. The fraction of sp³-hybridized carbons (Fsp3) is 0.833. The summed E-state index contributed by atoms with van der Waals surface area (Å²) in [6, 6.07) is -2.24. The topological polar surface area (TPSA) is 158 Å². The Morgan fingerprint density at radius 3 is 2.84 bits per heavy atom. The van der Waals surface area contributed by atoms with Gasteiger partial charge in [0, 0.05) is 13.1 Å². The lowest BCUT2D eigenvalue weighted by atomic mass is 10.0. The molecule has 0 aromatic carbocycles. The van der Waals surface area contributed by atoms with E-state index in [1.165, 1.54) is 0 Å². The number of hydrogen-bond acceptors (Lipinski definition) is 8. The van der Waals surface area contributed by atoms with Crippen LogP contribution < -0.4 is 10.8 Å². The van der Waals surface area contributed by atoms with Gasteiger partial charge in [-0.2, -0.15) is 13.5 Å². The Labute approximate surface area is 143 Å². The van der Waals surface area contributed by atoms with Crippen molar-refractivity contribution >= 4 is 22.3 Å². The summed E-state index contributed by atoms with van der Waals surface area (Å²) in [5.41, 5.74) is 1.18. The smallest absolute Gasteiger partial charge is 0.386 e. The third kappa shape index (κ3) is 4.02.